The first-order valence-electron chi connectivity index (χ1n) is 5.04. The standard InChI is InChI=1S/C10H23NS/c1-4-5-6-8-11-9-7-10(2)12-3/h10-11H,4-9H2,1-3H3. The lowest BCUT2D eigenvalue weighted by Crippen LogP contribution is -2.19. The van der Waals surface area contributed by atoms with Gasteiger partial charge in [-0.1, -0.05) is 26.7 Å². The largest absolute Gasteiger partial charge is 0.317 e. The van der Waals surface area contributed by atoms with Gasteiger partial charge in [0, 0.05) is 5.25 Å². The van der Waals surface area contributed by atoms with Crippen LogP contribution in [0.4, 0.5) is 0 Å². The molecule has 0 amide bonds. The third-order valence-corrected chi connectivity index (χ3v) is 3.13. The van der Waals surface area contributed by atoms with Crippen LogP contribution in [0.5, 0.6) is 0 Å². The Morgan fingerprint density at radius 2 is 2.00 bits per heavy atom. The maximum absolute atomic E-state index is 3.47. The van der Waals surface area contributed by atoms with Crippen molar-refractivity contribution >= 4 is 11.8 Å². The van der Waals surface area contributed by atoms with E-state index in [0.29, 0.717) is 0 Å². The van der Waals surface area contributed by atoms with Crippen molar-refractivity contribution in [1.82, 2.24) is 5.32 Å². The Morgan fingerprint density at radius 3 is 2.58 bits per heavy atom. The van der Waals surface area contributed by atoms with Crippen molar-refractivity contribution in [3.05, 3.63) is 0 Å². The fourth-order valence-electron chi connectivity index (χ4n) is 1.05. The summed E-state index contributed by atoms with van der Waals surface area (Å²) < 4.78 is 0. The quantitative estimate of drug-likeness (QED) is 0.589. The molecule has 0 aromatic carbocycles. The van der Waals surface area contributed by atoms with Crippen LogP contribution in [0.2, 0.25) is 0 Å². The van der Waals surface area contributed by atoms with Gasteiger partial charge in [0.1, 0.15) is 0 Å². The van der Waals surface area contributed by atoms with Crippen LogP contribution in [-0.4, -0.2) is 24.6 Å². The van der Waals surface area contributed by atoms with Gasteiger partial charge in [-0.3, -0.25) is 0 Å². The molecule has 0 heterocycles. The lowest BCUT2D eigenvalue weighted by Gasteiger charge is -2.08. The summed E-state index contributed by atoms with van der Waals surface area (Å²) in [7, 11) is 0. The third kappa shape index (κ3) is 8.41. The minimum absolute atomic E-state index is 0.809. The highest BCUT2D eigenvalue weighted by molar-refractivity contribution is 7.99. The van der Waals surface area contributed by atoms with Crippen LogP contribution in [0.25, 0.3) is 0 Å². The van der Waals surface area contributed by atoms with Crippen LogP contribution in [0.3, 0.4) is 0 Å². The zero-order valence-corrected chi connectivity index (χ0v) is 9.54. The monoisotopic (exact) mass is 189 g/mol. The molecule has 0 saturated heterocycles. The number of unbranched alkanes of at least 4 members (excludes halogenated alkanes) is 2. The third-order valence-electron chi connectivity index (χ3n) is 2.09. The van der Waals surface area contributed by atoms with Gasteiger partial charge >= 0.3 is 0 Å². The van der Waals surface area contributed by atoms with E-state index in [1.165, 1.54) is 38.8 Å². The van der Waals surface area contributed by atoms with Gasteiger partial charge in [-0.2, -0.15) is 11.8 Å². The summed E-state index contributed by atoms with van der Waals surface area (Å²) in [5.74, 6) is 0. The summed E-state index contributed by atoms with van der Waals surface area (Å²) in [6, 6.07) is 0. The van der Waals surface area contributed by atoms with Crippen molar-refractivity contribution in [2.75, 3.05) is 19.3 Å². The molecule has 0 aromatic rings. The zero-order chi connectivity index (χ0) is 9.23. The smallest absolute Gasteiger partial charge is 0.00280 e. The Morgan fingerprint density at radius 1 is 1.25 bits per heavy atom. The number of thioether (sulfide) groups is 1. The van der Waals surface area contributed by atoms with E-state index < -0.39 is 0 Å². The Hall–Kier alpha value is 0.310. The highest BCUT2D eigenvalue weighted by Crippen LogP contribution is 2.07. The maximum Gasteiger partial charge on any atom is 0.00280 e. The van der Waals surface area contributed by atoms with Gasteiger partial charge in [0.15, 0.2) is 0 Å². The van der Waals surface area contributed by atoms with Gasteiger partial charge in [-0.15, -0.1) is 0 Å². The predicted molar refractivity (Wildman–Crippen MR) is 60.0 cm³/mol. The first-order chi connectivity index (χ1) is 5.81. The lowest BCUT2D eigenvalue weighted by atomic mass is 10.2. The minimum Gasteiger partial charge on any atom is -0.317 e. The Bertz CT molecular complexity index is 85.9. The highest BCUT2D eigenvalue weighted by Gasteiger charge is 1.96. The fourth-order valence-corrected chi connectivity index (χ4v) is 1.40. The molecule has 1 nitrogen and oxygen atoms in total. The van der Waals surface area contributed by atoms with Crippen molar-refractivity contribution in [3.8, 4) is 0 Å². The molecule has 0 bridgehead atoms. The molecule has 0 aliphatic heterocycles. The first kappa shape index (κ1) is 12.3. The second-order valence-electron chi connectivity index (χ2n) is 3.29. The van der Waals surface area contributed by atoms with E-state index in [0.717, 1.165) is 5.25 Å². The Kier molecular flexibility index (Phi) is 9.64. The van der Waals surface area contributed by atoms with Crippen LogP contribution in [0, 0.1) is 0 Å². The lowest BCUT2D eigenvalue weighted by molar-refractivity contribution is 0.599. The van der Waals surface area contributed by atoms with E-state index in [2.05, 4.69) is 25.4 Å². The van der Waals surface area contributed by atoms with Crippen molar-refractivity contribution < 1.29 is 0 Å². The van der Waals surface area contributed by atoms with Gasteiger partial charge in [0.25, 0.3) is 0 Å². The first-order valence-corrected chi connectivity index (χ1v) is 6.33. The molecular weight excluding hydrogens is 166 g/mol. The molecule has 0 rings (SSSR count). The van der Waals surface area contributed by atoms with Gasteiger partial charge in [0.05, 0.1) is 0 Å². The average Bonchev–Trinajstić information content (AvgIpc) is 2.10. The van der Waals surface area contributed by atoms with E-state index in [1.807, 2.05) is 11.8 Å². The van der Waals surface area contributed by atoms with E-state index in [-0.39, 0.29) is 0 Å². The van der Waals surface area contributed by atoms with E-state index in [1.54, 1.807) is 0 Å². The average molecular weight is 189 g/mol. The van der Waals surface area contributed by atoms with E-state index in [4.69, 9.17) is 0 Å². The molecule has 12 heavy (non-hydrogen) atoms. The fraction of sp³-hybridized carbons (Fsp3) is 1.00. The van der Waals surface area contributed by atoms with Crippen molar-refractivity contribution in [2.24, 2.45) is 0 Å². The summed E-state index contributed by atoms with van der Waals surface area (Å²) in [5, 5.41) is 4.28. The summed E-state index contributed by atoms with van der Waals surface area (Å²) in [5.41, 5.74) is 0. The van der Waals surface area contributed by atoms with Crippen LogP contribution in [0.1, 0.15) is 39.5 Å². The van der Waals surface area contributed by atoms with Crippen molar-refractivity contribution in [1.29, 1.82) is 0 Å². The van der Waals surface area contributed by atoms with Crippen molar-refractivity contribution in [3.63, 3.8) is 0 Å². The number of hydrogen-bond donors (Lipinski definition) is 1. The molecule has 1 unspecified atom stereocenters. The van der Waals surface area contributed by atoms with E-state index >= 15 is 0 Å². The van der Waals surface area contributed by atoms with Gasteiger partial charge in [-0.05, 0) is 32.2 Å². The molecule has 0 aliphatic rings. The normalized spacial score (nSPS) is 13.2. The molecule has 2 heteroatoms. The molecule has 0 aliphatic carbocycles. The summed E-state index contributed by atoms with van der Waals surface area (Å²) in [6.07, 6.45) is 7.51. The van der Waals surface area contributed by atoms with Crippen molar-refractivity contribution in [2.45, 2.75) is 44.8 Å². The zero-order valence-electron chi connectivity index (χ0n) is 8.73. The molecule has 1 atom stereocenters. The predicted octanol–water partition coefficient (Wildman–Crippen LogP) is 2.91. The topological polar surface area (TPSA) is 12.0 Å². The summed E-state index contributed by atoms with van der Waals surface area (Å²) >= 11 is 1.95. The Labute approximate surface area is 81.7 Å². The van der Waals surface area contributed by atoms with Gasteiger partial charge in [-0.25, -0.2) is 0 Å². The molecule has 0 saturated carbocycles. The van der Waals surface area contributed by atoms with Crippen LogP contribution in [-0.2, 0) is 0 Å². The molecule has 0 fully saturated rings. The van der Waals surface area contributed by atoms with Gasteiger partial charge < -0.3 is 5.32 Å². The van der Waals surface area contributed by atoms with Crippen LogP contribution < -0.4 is 5.32 Å². The molecular formula is C10H23NS. The van der Waals surface area contributed by atoms with Crippen LogP contribution >= 0.6 is 11.8 Å². The molecule has 0 spiro atoms. The number of rotatable bonds is 8. The second kappa shape index (κ2) is 9.40. The maximum atomic E-state index is 3.47. The van der Waals surface area contributed by atoms with E-state index in [9.17, 15) is 0 Å². The SMILES string of the molecule is CCCCCNCCC(C)SC. The van der Waals surface area contributed by atoms with Crippen LogP contribution in [0.15, 0.2) is 0 Å². The Balaban J connectivity index is 2.90. The molecule has 0 aromatic heterocycles. The number of nitrogens with one attached hydrogen (secondary N) is 1. The second-order valence-corrected chi connectivity index (χ2v) is 4.57. The summed E-state index contributed by atoms with van der Waals surface area (Å²) in [4.78, 5) is 0. The number of hydrogen-bond acceptors (Lipinski definition) is 2. The molecule has 0 radical (unpaired) electrons. The molecule has 1 N–H and O–H groups in total. The van der Waals surface area contributed by atoms with Gasteiger partial charge in [0.2, 0.25) is 0 Å². The highest BCUT2D eigenvalue weighted by atomic mass is 32.2. The summed E-state index contributed by atoms with van der Waals surface area (Å²) in [6.45, 7) is 6.93. The molecule has 74 valence electrons. The minimum atomic E-state index is 0.809.